The summed E-state index contributed by atoms with van der Waals surface area (Å²) in [7, 11) is 2.60. The number of carbonyl (C=O) groups is 2. The van der Waals surface area contributed by atoms with E-state index in [0.717, 1.165) is 28.9 Å². The molecular weight excluding hydrogens is 467 g/mol. The van der Waals surface area contributed by atoms with Gasteiger partial charge in [0, 0.05) is 24.0 Å². The van der Waals surface area contributed by atoms with Crippen molar-refractivity contribution in [3.63, 3.8) is 0 Å². The van der Waals surface area contributed by atoms with Gasteiger partial charge in [-0.3, -0.25) is 0 Å². The van der Waals surface area contributed by atoms with Gasteiger partial charge in [0.1, 0.15) is 18.0 Å². The van der Waals surface area contributed by atoms with Gasteiger partial charge < -0.3 is 18.9 Å². The van der Waals surface area contributed by atoms with E-state index in [1.807, 2.05) is 10.9 Å². The fraction of sp³-hybridized carbons (Fsp3) is 0.370. The first kappa shape index (κ1) is 24.1. The molecule has 2 fully saturated rings. The summed E-state index contributed by atoms with van der Waals surface area (Å²) in [6, 6.07) is 6.23. The number of fused-ring (bicyclic) bond motifs is 3. The molecule has 1 aromatic heterocycles. The third-order valence-electron chi connectivity index (χ3n) is 7.31. The second-order valence-electron chi connectivity index (χ2n) is 9.30. The number of methoxy groups -OCH3 is 2. The molecule has 1 spiro atoms. The lowest BCUT2D eigenvalue weighted by molar-refractivity contribution is -0.219. The lowest BCUT2D eigenvalue weighted by Gasteiger charge is -2.42. The van der Waals surface area contributed by atoms with Crippen LogP contribution in [0.25, 0.3) is 11.8 Å². The molecule has 1 aliphatic heterocycles. The fourth-order valence-corrected chi connectivity index (χ4v) is 5.35. The minimum absolute atomic E-state index is 0.300. The van der Waals surface area contributed by atoms with Gasteiger partial charge >= 0.3 is 11.9 Å². The highest BCUT2D eigenvalue weighted by atomic mass is 19.1. The molecule has 5 rings (SSSR count). The molecule has 1 unspecified atom stereocenters. The Morgan fingerprint density at radius 1 is 1.08 bits per heavy atom. The van der Waals surface area contributed by atoms with Crippen molar-refractivity contribution in [3.05, 3.63) is 77.4 Å². The number of aromatic nitrogens is 2. The van der Waals surface area contributed by atoms with Gasteiger partial charge in [0.25, 0.3) is 0 Å². The molecule has 3 aliphatic rings. The summed E-state index contributed by atoms with van der Waals surface area (Å²) in [4.78, 5) is 23.5. The van der Waals surface area contributed by atoms with E-state index < -0.39 is 35.3 Å². The fourth-order valence-electron chi connectivity index (χ4n) is 5.35. The van der Waals surface area contributed by atoms with Crippen LogP contribution < -0.4 is 0 Å². The van der Waals surface area contributed by atoms with Crippen molar-refractivity contribution < 1.29 is 32.9 Å². The van der Waals surface area contributed by atoms with Crippen molar-refractivity contribution in [2.45, 2.75) is 44.2 Å². The zero-order chi connectivity index (χ0) is 25.5. The number of benzene rings is 1. The quantitative estimate of drug-likeness (QED) is 0.463. The molecule has 8 nitrogen and oxygen atoms in total. The first-order chi connectivity index (χ1) is 17.3. The maximum absolute atomic E-state index is 13.4. The second kappa shape index (κ2) is 9.15. The van der Waals surface area contributed by atoms with Gasteiger partial charge in [-0.15, -0.1) is 0 Å². The molecule has 188 valence electrons. The van der Waals surface area contributed by atoms with Gasteiger partial charge in [-0.2, -0.15) is 5.10 Å². The highest BCUT2D eigenvalue weighted by molar-refractivity contribution is 5.82. The predicted molar refractivity (Wildman–Crippen MR) is 127 cm³/mol. The lowest BCUT2D eigenvalue weighted by atomic mass is 9.72. The number of rotatable bonds is 5. The van der Waals surface area contributed by atoms with Crippen LogP contribution in [0.3, 0.4) is 0 Å². The number of hydrogen-bond acceptors (Lipinski definition) is 7. The summed E-state index contributed by atoms with van der Waals surface area (Å²) in [5.41, 5.74) is 3.41. The zero-order valence-corrected chi connectivity index (χ0v) is 20.3. The van der Waals surface area contributed by atoms with Crippen molar-refractivity contribution >= 4 is 18.0 Å². The first-order valence-corrected chi connectivity index (χ1v) is 11.7. The highest BCUT2D eigenvalue weighted by Crippen LogP contribution is 2.60. The molecule has 4 atom stereocenters. The molecule has 0 amide bonds. The van der Waals surface area contributed by atoms with E-state index in [2.05, 4.69) is 18.1 Å². The molecule has 1 aromatic carbocycles. The Bertz CT molecular complexity index is 1240. The SMILES string of the molecule is COC(=O)C=C[C@@H]1OC2(CCC3=Cc4c(cnn4-c4ccc(F)cc4)C[C@@]32C)O[C@H]1/C=C/C(=O)OC. The van der Waals surface area contributed by atoms with Gasteiger partial charge in [-0.25, -0.2) is 18.7 Å². The van der Waals surface area contributed by atoms with Crippen LogP contribution in [-0.4, -0.2) is 53.9 Å². The van der Waals surface area contributed by atoms with Crippen molar-refractivity contribution in [1.29, 1.82) is 0 Å². The van der Waals surface area contributed by atoms with Crippen molar-refractivity contribution in [1.82, 2.24) is 9.78 Å². The van der Waals surface area contributed by atoms with E-state index in [-0.39, 0.29) is 5.82 Å². The number of hydrogen-bond donors (Lipinski definition) is 0. The Balaban J connectivity index is 1.48. The Hall–Kier alpha value is -3.56. The van der Waals surface area contributed by atoms with E-state index in [9.17, 15) is 14.0 Å². The Morgan fingerprint density at radius 3 is 2.28 bits per heavy atom. The standard InChI is InChI=1S/C27H27FN2O6/c1-26-15-17-16-29-30(20-6-4-19(28)5-7-20)21(17)14-18(26)12-13-27(26)35-22(8-10-24(31)33-2)23(36-27)9-11-25(32)34-3/h4-11,14,16,22-23H,12-13,15H2,1-3H3/b10-8+,11-9?/t22-,23-,26-,27?/m0/s1. The average Bonchev–Trinajstić information content (AvgIpc) is 3.53. The summed E-state index contributed by atoms with van der Waals surface area (Å²) in [5.74, 6) is -2.29. The highest BCUT2D eigenvalue weighted by Gasteiger charge is 2.63. The normalized spacial score (nSPS) is 28.9. The summed E-state index contributed by atoms with van der Waals surface area (Å²) >= 11 is 0. The summed E-state index contributed by atoms with van der Waals surface area (Å²) in [5, 5.41) is 4.56. The van der Waals surface area contributed by atoms with Gasteiger partial charge in [-0.05, 0) is 60.9 Å². The van der Waals surface area contributed by atoms with Crippen LogP contribution in [0.15, 0.2) is 60.3 Å². The topological polar surface area (TPSA) is 88.9 Å². The monoisotopic (exact) mass is 494 g/mol. The summed E-state index contributed by atoms with van der Waals surface area (Å²) < 4.78 is 37.8. The van der Waals surface area contributed by atoms with Gasteiger partial charge in [0.05, 0.1) is 31.8 Å². The maximum Gasteiger partial charge on any atom is 0.330 e. The molecule has 2 aromatic rings. The number of esters is 2. The third-order valence-corrected chi connectivity index (χ3v) is 7.31. The molecular formula is C27H27FN2O6. The third kappa shape index (κ3) is 3.98. The molecule has 0 bridgehead atoms. The second-order valence-corrected chi connectivity index (χ2v) is 9.30. The summed E-state index contributed by atoms with van der Waals surface area (Å²) in [6.45, 7) is 2.11. The predicted octanol–water partition coefficient (Wildman–Crippen LogP) is 3.69. The Labute approximate surface area is 208 Å². The molecule has 0 N–H and O–H groups in total. The minimum Gasteiger partial charge on any atom is -0.466 e. The van der Waals surface area contributed by atoms with Gasteiger partial charge in [-0.1, -0.05) is 12.5 Å². The van der Waals surface area contributed by atoms with Gasteiger partial charge in [0.2, 0.25) is 0 Å². The van der Waals surface area contributed by atoms with E-state index in [1.54, 1.807) is 24.3 Å². The average molecular weight is 495 g/mol. The van der Waals surface area contributed by atoms with Crippen LogP contribution in [0.2, 0.25) is 0 Å². The van der Waals surface area contributed by atoms with Crippen LogP contribution in [0, 0.1) is 11.2 Å². The summed E-state index contributed by atoms with van der Waals surface area (Å²) in [6.07, 6.45) is 10.5. The number of ether oxygens (including phenoxy) is 4. The van der Waals surface area contributed by atoms with E-state index >= 15 is 0 Å². The molecule has 1 saturated heterocycles. The zero-order valence-electron chi connectivity index (χ0n) is 20.3. The minimum atomic E-state index is -0.968. The molecule has 1 saturated carbocycles. The van der Waals surface area contributed by atoms with E-state index in [4.69, 9.17) is 18.9 Å². The largest absolute Gasteiger partial charge is 0.466 e. The van der Waals surface area contributed by atoms with E-state index in [0.29, 0.717) is 12.8 Å². The van der Waals surface area contributed by atoms with Crippen molar-refractivity contribution in [2.75, 3.05) is 14.2 Å². The molecule has 0 radical (unpaired) electrons. The van der Waals surface area contributed by atoms with Crippen LogP contribution in [0.1, 0.15) is 31.0 Å². The Kier molecular flexibility index (Phi) is 6.13. The first-order valence-electron chi connectivity index (χ1n) is 11.7. The molecule has 36 heavy (non-hydrogen) atoms. The van der Waals surface area contributed by atoms with Gasteiger partial charge in [0.15, 0.2) is 5.79 Å². The Morgan fingerprint density at radius 2 is 1.69 bits per heavy atom. The number of carbonyl (C=O) groups excluding carboxylic acids is 2. The van der Waals surface area contributed by atoms with Crippen LogP contribution >= 0.6 is 0 Å². The van der Waals surface area contributed by atoms with Crippen LogP contribution in [-0.2, 0) is 35.0 Å². The number of halogens is 1. The van der Waals surface area contributed by atoms with Crippen molar-refractivity contribution in [2.24, 2.45) is 5.41 Å². The van der Waals surface area contributed by atoms with Crippen molar-refractivity contribution in [3.8, 4) is 5.69 Å². The molecule has 9 heteroatoms. The lowest BCUT2D eigenvalue weighted by Crippen LogP contribution is -2.46. The number of nitrogens with zero attached hydrogens (tertiary/aromatic N) is 2. The molecule has 2 aliphatic carbocycles. The van der Waals surface area contributed by atoms with Crippen LogP contribution in [0.5, 0.6) is 0 Å². The maximum atomic E-state index is 13.4. The smallest absolute Gasteiger partial charge is 0.330 e. The van der Waals surface area contributed by atoms with E-state index in [1.165, 1.54) is 38.5 Å². The van der Waals surface area contributed by atoms with Crippen LogP contribution in [0.4, 0.5) is 4.39 Å². The molecule has 2 heterocycles.